The SMILES string of the molecule is Fc1ccc(Oc2nc(CNC3CC3)co2)c(Cl)c1. The molecule has 0 spiro atoms. The minimum absolute atomic E-state index is 0.0982. The molecule has 100 valence electrons. The number of oxazole rings is 1. The van der Waals surface area contributed by atoms with Gasteiger partial charge in [0.15, 0.2) is 5.75 Å². The Hall–Kier alpha value is -1.59. The Balaban J connectivity index is 1.65. The number of halogens is 2. The van der Waals surface area contributed by atoms with E-state index in [9.17, 15) is 4.39 Å². The van der Waals surface area contributed by atoms with Gasteiger partial charge in [0, 0.05) is 12.6 Å². The Morgan fingerprint density at radius 2 is 2.32 bits per heavy atom. The summed E-state index contributed by atoms with van der Waals surface area (Å²) in [5.74, 6) is -0.106. The zero-order valence-electron chi connectivity index (χ0n) is 10.0. The molecule has 19 heavy (non-hydrogen) atoms. The van der Waals surface area contributed by atoms with Gasteiger partial charge in [0.2, 0.25) is 0 Å². The number of ether oxygens (including phenoxy) is 1. The molecule has 1 heterocycles. The van der Waals surface area contributed by atoms with Crippen molar-refractivity contribution in [2.75, 3.05) is 0 Å². The highest BCUT2D eigenvalue weighted by Crippen LogP contribution is 2.29. The molecule has 1 aromatic heterocycles. The Bertz CT molecular complexity index is 584. The van der Waals surface area contributed by atoms with Crippen molar-refractivity contribution in [3.05, 3.63) is 41.0 Å². The Labute approximate surface area is 114 Å². The van der Waals surface area contributed by atoms with E-state index in [-0.39, 0.29) is 11.1 Å². The third-order valence-corrected chi connectivity index (χ3v) is 3.07. The Morgan fingerprint density at radius 1 is 1.47 bits per heavy atom. The largest absolute Gasteiger partial charge is 0.417 e. The van der Waals surface area contributed by atoms with Crippen molar-refractivity contribution in [3.63, 3.8) is 0 Å². The molecule has 3 rings (SSSR count). The van der Waals surface area contributed by atoms with Crippen LogP contribution in [-0.2, 0) is 6.54 Å². The van der Waals surface area contributed by atoms with Crippen LogP contribution in [0.1, 0.15) is 18.5 Å². The van der Waals surface area contributed by atoms with Crippen LogP contribution in [0.5, 0.6) is 11.8 Å². The summed E-state index contributed by atoms with van der Waals surface area (Å²) in [7, 11) is 0. The summed E-state index contributed by atoms with van der Waals surface area (Å²) >= 11 is 5.85. The first-order valence-electron chi connectivity index (χ1n) is 6.01. The first-order valence-corrected chi connectivity index (χ1v) is 6.39. The lowest BCUT2D eigenvalue weighted by Crippen LogP contribution is -2.15. The molecule has 0 aliphatic heterocycles. The molecule has 1 aliphatic carbocycles. The van der Waals surface area contributed by atoms with Crippen LogP contribution < -0.4 is 10.1 Å². The summed E-state index contributed by atoms with van der Waals surface area (Å²) in [6, 6.07) is 4.48. The number of rotatable bonds is 5. The van der Waals surface area contributed by atoms with E-state index >= 15 is 0 Å². The number of nitrogens with zero attached hydrogens (tertiary/aromatic N) is 1. The van der Waals surface area contributed by atoms with Gasteiger partial charge in [-0.3, -0.25) is 0 Å². The van der Waals surface area contributed by atoms with E-state index in [0.717, 1.165) is 5.69 Å². The van der Waals surface area contributed by atoms with Crippen LogP contribution >= 0.6 is 11.6 Å². The average Bonchev–Trinajstić information content (AvgIpc) is 3.10. The maximum Gasteiger partial charge on any atom is 0.399 e. The van der Waals surface area contributed by atoms with E-state index < -0.39 is 5.82 Å². The summed E-state index contributed by atoms with van der Waals surface area (Å²) in [6.07, 6.45) is 4.06. The highest BCUT2D eigenvalue weighted by Gasteiger charge is 2.20. The highest BCUT2D eigenvalue weighted by molar-refractivity contribution is 6.32. The van der Waals surface area contributed by atoms with Crippen molar-refractivity contribution in [1.29, 1.82) is 0 Å². The molecule has 1 saturated carbocycles. The van der Waals surface area contributed by atoms with Crippen LogP contribution in [0.2, 0.25) is 5.02 Å². The average molecular weight is 283 g/mol. The molecule has 1 N–H and O–H groups in total. The fourth-order valence-electron chi connectivity index (χ4n) is 1.60. The molecule has 0 amide bonds. The fraction of sp³-hybridized carbons (Fsp3) is 0.308. The molecule has 0 atom stereocenters. The summed E-state index contributed by atoms with van der Waals surface area (Å²) in [4.78, 5) is 4.17. The molecular weight excluding hydrogens is 271 g/mol. The van der Waals surface area contributed by atoms with Crippen molar-refractivity contribution < 1.29 is 13.5 Å². The maximum absolute atomic E-state index is 12.9. The third-order valence-electron chi connectivity index (χ3n) is 2.77. The van der Waals surface area contributed by atoms with E-state index in [4.69, 9.17) is 20.8 Å². The summed E-state index contributed by atoms with van der Waals surface area (Å²) < 4.78 is 23.4. The van der Waals surface area contributed by atoms with Gasteiger partial charge in [-0.1, -0.05) is 11.6 Å². The number of benzene rings is 1. The lowest BCUT2D eigenvalue weighted by Gasteiger charge is -2.02. The third kappa shape index (κ3) is 3.24. The molecule has 6 heteroatoms. The van der Waals surface area contributed by atoms with Crippen LogP contribution in [-0.4, -0.2) is 11.0 Å². The lowest BCUT2D eigenvalue weighted by molar-refractivity contribution is 0.330. The first-order chi connectivity index (χ1) is 9.20. The van der Waals surface area contributed by atoms with Gasteiger partial charge >= 0.3 is 6.08 Å². The standard InChI is InChI=1S/C13H12ClFN2O2/c14-11-5-8(15)1-4-12(11)19-13-17-10(7-18-13)6-16-9-2-3-9/h1,4-5,7,9,16H,2-3,6H2. The Morgan fingerprint density at radius 3 is 3.05 bits per heavy atom. The summed E-state index contributed by atoms with van der Waals surface area (Å²) in [5, 5.41) is 3.49. The van der Waals surface area contributed by atoms with Gasteiger partial charge in [0.25, 0.3) is 0 Å². The second-order valence-corrected chi connectivity index (χ2v) is 4.84. The van der Waals surface area contributed by atoms with Crippen molar-refractivity contribution >= 4 is 11.6 Å². The van der Waals surface area contributed by atoms with E-state index in [1.807, 2.05) is 0 Å². The van der Waals surface area contributed by atoms with Crippen LogP contribution in [0.4, 0.5) is 4.39 Å². The zero-order chi connectivity index (χ0) is 13.2. The van der Waals surface area contributed by atoms with Gasteiger partial charge in [-0.15, -0.1) is 0 Å². The second-order valence-electron chi connectivity index (χ2n) is 4.44. The molecule has 1 fully saturated rings. The van der Waals surface area contributed by atoms with Gasteiger partial charge in [0.05, 0.1) is 10.7 Å². The van der Waals surface area contributed by atoms with Gasteiger partial charge in [-0.05, 0) is 31.0 Å². The van der Waals surface area contributed by atoms with Gasteiger partial charge < -0.3 is 14.5 Å². The smallest absolute Gasteiger partial charge is 0.399 e. The van der Waals surface area contributed by atoms with Crippen molar-refractivity contribution in [2.24, 2.45) is 0 Å². The molecule has 4 nitrogen and oxygen atoms in total. The van der Waals surface area contributed by atoms with E-state index in [2.05, 4.69) is 10.3 Å². The first kappa shape index (κ1) is 12.4. The summed E-state index contributed by atoms with van der Waals surface area (Å²) in [6.45, 7) is 0.647. The molecule has 2 aromatic rings. The fourth-order valence-corrected chi connectivity index (χ4v) is 1.81. The number of nitrogens with one attached hydrogen (secondary N) is 1. The minimum Gasteiger partial charge on any atom is -0.417 e. The molecular formula is C13H12ClFN2O2. The van der Waals surface area contributed by atoms with Crippen molar-refractivity contribution in [1.82, 2.24) is 10.3 Å². The van der Waals surface area contributed by atoms with Crippen LogP contribution in [0.3, 0.4) is 0 Å². The van der Waals surface area contributed by atoms with Gasteiger partial charge in [0.1, 0.15) is 12.1 Å². The molecule has 0 bridgehead atoms. The number of hydrogen-bond acceptors (Lipinski definition) is 4. The zero-order valence-corrected chi connectivity index (χ0v) is 10.8. The van der Waals surface area contributed by atoms with E-state index in [1.54, 1.807) is 0 Å². The number of aromatic nitrogens is 1. The quantitative estimate of drug-likeness (QED) is 0.911. The lowest BCUT2D eigenvalue weighted by atomic mass is 10.3. The normalized spacial score (nSPS) is 14.6. The minimum atomic E-state index is -0.418. The predicted octanol–water partition coefficient (Wildman–Crippen LogP) is 3.51. The highest BCUT2D eigenvalue weighted by atomic mass is 35.5. The summed E-state index contributed by atoms with van der Waals surface area (Å²) in [5.41, 5.74) is 0.764. The molecule has 1 aliphatic rings. The molecule has 0 unspecified atom stereocenters. The number of hydrogen-bond donors (Lipinski definition) is 1. The van der Waals surface area contributed by atoms with Crippen molar-refractivity contribution in [3.8, 4) is 11.8 Å². The van der Waals surface area contributed by atoms with E-state index in [1.165, 1.54) is 37.3 Å². The molecule has 0 saturated heterocycles. The molecule has 1 aromatic carbocycles. The van der Waals surface area contributed by atoms with Gasteiger partial charge in [-0.2, -0.15) is 4.98 Å². The Kier molecular flexibility index (Phi) is 3.40. The maximum atomic E-state index is 12.9. The predicted molar refractivity (Wildman–Crippen MR) is 67.8 cm³/mol. The van der Waals surface area contributed by atoms with Crippen LogP contribution in [0, 0.1) is 5.82 Å². The van der Waals surface area contributed by atoms with E-state index in [0.29, 0.717) is 18.3 Å². The van der Waals surface area contributed by atoms with Gasteiger partial charge in [-0.25, -0.2) is 4.39 Å². The van der Waals surface area contributed by atoms with Crippen LogP contribution in [0.25, 0.3) is 0 Å². The van der Waals surface area contributed by atoms with Crippen LogP contribution in [0.15, 0.2) is 28.9 Å². The second kappa shape index (κ2) is 5.19. The van der Waals surface area contributed by atoms with Crippen molar-refractivity contribution in [2.45, 2.75) is 25.4 Å². The molecule has 0 radical (unpaired) electrons. The monoisotopic (exact) mass is 282 g/mol. The topological polar surface area (TPSA) is 47.3 Å².